The summed E-state index contributed by atoms with van der Waals surface area (Å²) in [5.41, 5.74) is 3.06. The van der Waals surface area contributed by atoms with E-state index in [1.165, 1.54) is 5.56 Å². The van der Waals surface area contributed by atoms with E-state index in [2.05, 4.69) is 27.1 Å². The van der Waals surface area contributed by atoms with Gasteiger partial charge < -0.3 is 5.11 Å². The fourth-order valence-electron chi connectivity index (χ4n) is 2.17. The Balaban J connectivity index is 1.71. The van der Waals surface area contributed by atoms with Crippen LogP contribution in [0.1, 0.15) is 26.6 Å². The number of carboxylic acid groups (broad SMARTS) is 1. The van der Waals surface area contributed by atoms with Crippen LogP contribution in [0.4, 0.5) is 0 Å². The van der Waals surface area contributed by atoms with Crippen molar-refractivity contribution >= 4 is 23.4 Å². The third-order valence-electron chi connectivity index (χ3n) is 3.37. The molecule has 1 N–H and O–H groups in total. The van der Waals surface area contributed by atoms with Gasteiger partial charge in [0.1, 0.15) is 15.6 Å². The maximum absolute atomic E-state index is 11.1. The van der Waals surface area contributed by atoms with Crippen LogP contribution in [0.2, 0.25) is 0 Å². The second kappa shape index (κ2) is 7.14. The van der Waals surface area contributed by atoms with E-state index < -0.39 is 5.97 Å². The van der Waals surface area contributed by atoms with Gasteiger partial charge in [0.2, 0.25) is 0 Å². The highest BCUT2D eigenvalue weighted by Gasteiger charge is 2.15. The molecule has 0 amide bonds. The SMILES string of the molecule is Cc1nc(-c2cnc(C=CCc3ccccc3)cn2)sc1C(=O)O. The molecule has 0 saturated carbocycles. The molecule has 3 rings (SSSR count). The first-order valence-electron chi connectivity index (χ1n) is 7.37. The van der Waals surface area contributed by atoms with E-state index in [1.54, 1.807) is 19.3 Å². The summed E-state index contributed by atoms with van der Waals surface area (Å²) in [6, 6.07) is 10.2. The highest BCUT2D eigenvalue weighted by molar-refractivity contribution is 7.16. The number of hydrogen-bond donors (Lipinski definition) is 1. The fraction of sp³-hybridized carbons (Fsp3) is 0.111. The summed E-state index contributed by atoms with van der Waals surface area (Å²) in [5, 5.41) is 9.65. The first kappa shape index (κ1) is 16.0. The van der Waals surface area contributed by atoms with Crippen molar-refractivity contribution in [3.05, 3.63) is 70.6 Å². The Labute approximate surface area is 143 Å². The highest BCUT2D eigenvalue weighted by atomic mass is 32.1. The van der Waals surface area contributed by atoms with E-state index in [1.807, 2.05) is 30.4 Å². The monoisotopic (exact) mass is 337 g/mol. The molecule has 2 heterocycles. The Morgan fingerprint density at radius 3 is 2.62 bits per heavy atom. The molecule has 0 atom stereocenters. The lowest BCUT2D eigenvalue weighted by Crippen LogP contribution is -1.94. The standard InChI is InChI=1S/C18H15N3O2S/c1-12-16(18(22)23)24-17(21-12)15-11-19-14(10-20-15)9-5-8-13-6-3-2-4-7-13/h2-7,9-11H,8H2,1H3,(H,22,23). The van der Waals surface area contributed by atoms with Crippen molar-refractivity contribution in [1.29, 1.82) is 0 Å². The summed E-state index contributed by atoms with van der Waals surface area (Å²) in [6.45, 7) is 1.68. The molecule has 0 radical (unpaired) electrons. The van der Waals surface area contributed by atoms with Crippen LogP contribution >= 0.6 is 11.3 Å². The molecule has 0 unspecified atom stereocenters. The van der Waals surface area contributed by atoms with Crippen LogP contribution in [-0.4, -0.2) is 26.0 Å². The van der Waals surface area contributed by atoms with E-state index in [4.69, 9.17) is 5.11 Å². The van der Waals surface area contributed by atoms with Crippen LogP contribution < -0.4 is 0 Å². The van der Waals surface area contributed by atoms with Gasteiger partial charge in [0, 0.05) is 0 Å². The van der Waals surface area contributed by atoms with Crippen molar-refractivity contribution < 1.29 is 9.90 Å². The second-order valence-corrected chi connectivity index (χ2v) is 6.16. The number of hydrogen-bond acceptors (Lipinski definition) is 5. The number of carbonyl (C=O) groups is 1. The number of aromatic carboxylic acids is 1. The molecule has 0 aliphatic carbocycles. The minimum Gasteiger partial charge on any atom is -0.477 e. The first-order valence-corrected chi connectivity index (χ1v) is 8.19. The lowest BCUT2D eigenvalue weighted by Gasteiger charge is -1.97. The Morgan fingerprint density at radius 1 is 1.21 bits per heavy atom. The Hall–Kier alpha value is -2.86. The molecule has 0 aliphatic heterocycles. The number of thiazole rings is 1. The zero-order valence-electron chi connectivity index (χ0n) is 13.0. The van der Waals surface area contributed by atoms with Gasteiger partial charge in [0.05, 0.1) is 23.8 Å². The largest absolute Gasteiger partial charge is 0.477 e. The highest BCUT2D eigenvalue weighted by Crippen LogP contribution is 2.26. The van der Waals surface area contributed by atoms with Gasteiger partial charge in [0.25, 0.3) is 0 Å². The van der Waals surface area contributed by atoms with E-state index >= 15 is 0 Å². The number of aromatic nitrogens is 3. The van der Waals surface area contributed by atoms with Gasteiger partial charge in [-0.2, -0.15) is 0 Å². The van der Waals surface area contributed by atoms with Crippen molar-refractivity contribution in [2.75, 3.05) is 0 Å². The van der Waals surface area contributed by atoms with Crippen molar-refractivity contribution in [3.8, 4) is 10.7 Å². The third-order valence-corrected chi connectivity index (χ3v) is 4.53. The molecule has 1 aromatic carbocycles. The molecular formula is C18H15N3O2S. The molecule has 0 fully saturated rings. The Morgan fingerprint density at radius 2 is 2.00 bits per heavy atom. The van der Waals surface area contributed by atoms with E-state index in [-0.39, 0.29) is 4.88 Å². The summed E-state index contributed by atoms with van der Waals surface area (Å²) >= 11 is 1.11. The number of benzene rings is 1. The van der Waals surface area contributed by atoms with Crippen molar-refractivity contribution in [1.82, 2.24) is 15.0 Å². The predicted octanol–water partition coefficient (Wildman–Crippen LogP) is 3.86. The molecule has 6 heteroatoms. The van der Waals surface area contributed by atoms with Gasteiger partial charge in [-0.25, -0.2) is 14.8 Å². The smallest absolute Gasteiger partial charge is 0.347 e. The van der Waals surface area contributed by atoms with Crippen LogP contribution in [0.3, 0.4) is 0 Å². The maximum Gasteiger partial charge on any atom is 0.347 e. The van der Waals surface area contributed by atoms with Crippen LogP contribution in [0.15, 0.2) is 48.8 Å². The summed E-state index contributed by atoms with van der Waals surface area (Å²) in [6.07, 6.45) is 8.06. The third kappa shape index (κ3) is 3.72. The molecule has 0 saturated heterocycles. The van der Waals surface area contributed by atoms with Gasteiger partial charge in [-0.3, -0.25) is 4.98 Å². The summed E-state index contributed by atoms with van der Waals surface area (Å²) < 4.78 is 0. The number of rotatable bonds is 5. The number of aryl methyl sites for hydroxylation is 1. The van der Waals surface area contributed by atoms with Gasteiger partial charge >= 0.3 is 5.97 Å². The topological polar surface area (TPSA) is 76.0 Å². The number of nitrogens with zero attached hydrogens (tertiary/aromatic N) is 3. The lowest BCUT2D eigenvalue weighted by atomic mass is 10.1. The Kier molecular flexibility index (Phi) is 4.77. The molecule has 3 aromatic rings. The van der Waals surface area contributed by atoms with Crippen LogP contribution in [-0.2, 0) is 6.42 Å². The predicted molar refractivity (Wildman–Crippen MR) is 94.0 cm³/mol. The lowest BCUT2D eigenvalue weighted by molar-refractivity contribution is 0.0701. The minimum absolute atomic E-state index is 0.235. The number of carboxylic acids is 1. The van der Waals surface area contributed by atoms with Crippen molar-refractivity contribution in [2.45, 2.75) is 13.3 Å². The van der Waals surface area contributed by atoms with Gasteiger partial charge in [-0.05, 0) is 25.0 Å². The molecule has 2 aromatic heterocycles. The van der Waals surface area contributed by atoms with Gasteiger partial charge in [-0.15, -0.1) is 11.3 Å². The van der Waals surface area contributed by atoms with E-state index in [9.17, 15) is 4.79 Å². The molecule has 0 aliphatic rings. The molecule has 0 spiro atoms. The average molecular weight is 337 g/mol. The van der Waals surface area contributed by atoms with Crippen LogP contribution in [0.25, 0.3) is 16.8 Å². The van der Waals surface area contributed by atoms with Crippen LogP contribution in [0.5, 0.6) is 0 Å². The first-order chi connectivity index (χ1) is 11.6. The van der Waals surface area contributed by atoms with E-state index in [0.717, 1.165) is 23.5 Å². The van der Waals surface area contributed by atoms with Crippen molar-refractivity contribution in [3.63, 3.8) is 0 Å². The van der Waals surface area contributed by atoms with Crippen LogP contribution in [0, 0.1) is 6.92 Å². The number of allylic oxidation sites excluding steroid dienone is 1. The van der Waals surface area contributed by atoms with Gasteiger partial charge in [-0.1, -0.05) is 36.4 Å². The maximum atomic E-state index is 11.1. The Bertz CT molecular complexity index is 871. The average Bonchev–Trinajstić information content (AvgIpc) is 2.99. The zero-order chi connectivity index (χ0) is 16.9. The summed E-state index contributed by atoms with van der Waals surface area (Å²) in [5.74, 6) is -0.968. The normalized spacial score (nSPS) is 11.0. The summed E-state index contributed by atoms with van der Waals surface area (Å²) in [4.78, 5) is 24.2. The zero-order valence-corrected chi connectivity index (χ0v) is 13.8. The molecule has 0 bridgehead atoms. The summed E-state index contributed by atoms with van der Waals surface area (Å²) in [7, 11) is 0. The fourth-order valence-corrected chi connectivity index (χ4v) is 3.04. The van der Waals surface area contributed by atoms with Crippen molar-refractivity contribution in [2.24, 2.45) is 0 Å². The molecular weight excluding hydrogens is 322 g/mol. The quantitative estimate of drug-likeness (QED) is 0.765. The molecule has 5 nitrogen and oxygen atoms in total. The minimum atomic E-state index is -0.968. The molecule has 24 heavy (non-hydrogen) atoms. The second-order valence-electron chi connectivity index (χ2n) is 5.16. The van der Waals surface area contributed by atoms with Gasteiger partial charge in [0.15, 0.2) is 0 Å². The molecule has 120 valence electrons. The van der Waals surface area contributed by atoms with E-state index in [0.29, 0.717) is 16.4 Å².